The van der Waals surface area contributed by atoms with E-state index in [1.807, 2.05) is 29.6 Å². The number of aromatic nitrogens is 2. The molecule has 0 atom stereocenters. The van der Waals surface area contributed by atoms with Gasteiger partial charge >= 0.3 is 0 Å². The molecule has 0 saturated heterocycles. The number of amides is 1. The van der Waals surface area contributed by atoms with Crippen LogP contribution in [0.5, 0.6) is 0 Å². The number of allylic oxidation sites excluding steroid dienone is 1. The second-order valence-corrected chi connectivity index (χ2v) is 6.25. The van der Waals surface area contributed by atoms with Crippen molar-refractivity contribution in [3.63, 3.8) is 0 Å². The Hall–Kier alpha value is -1.58. The summed E-state index contributed by atoms with van der Waals surface area (Å²) >= 11 is 0. The second kappa shape index (κ2) is 6.04. The van der Waals surface area contributed by atoms with Crippen LogP contribution in [0.1, 0.15) is 56.0 Å². The Morgan fingerprint density at radius 2 is 2.10 bits per heavy atom. The van der Waals surface area contributed by atoms with Gasteiger partial charge in [-0.05, 0) is 50.7 Å². The van der Waals surface area contributed by atoms with E-state index in [1.54, 1.807) is 6.08 Å². The van der Waals surface area contributed by atoms with Crippen LogP contribution in [0, 0.1) is 0 Å². The summed E-state index contributed by atoms with van der Waals surface area (Å²) in [6.45, 7) is 2.58. The molecular formula is C17H25N3O. The zero-order valence-electron chi connectivity index (χ0n) is 13.1. The molecule has 1 saturated carbocycles. The molecule has 0 aromatic carbocycles. The second-order valence-electron chi connectivity index (χ2n) is 6.25. The summed E-state index contributed by atoms with van der Waals surface area (Å²) in [5.41, 5.74) is 3.89. The van der Waals surface area contributed by atoms with Gasteiger partial charge in [0.2, 0.25) is 5.91 Å². The average Bonchev–Trinajstić information content (AvgIpc) is 3.16. The number of carbonyl (C=O) groups excluding carboxylic acids is 1. The van der Waals surface area contributed by atoms with E-state index < -0.39 is 0 Å². The Kier molecular flexibility index (Phi) is 4.13. The highest BCUT2D eigenvalue weighted by Crippen LogP contribution is 2.29. The molecule has 0 aliphatic heterocycles. The molecule has 0 unspecified atom stereocenters. The lowest BCUT2D eigenvalue weighted by atomic mass is 10.1. The van der Waals surface area contributed by atoms with Gasteiger partial charge in [0.1, 0.15) is 0 Å². The maximum Gasteiger partial charge on any atom is 0.246 e. The van der Waals surface area contributed by atoms with Crippen molar-refractivity contribution in [2.45, 2.75) is 64.5 Å². The minimum absolute atomic E-state index is 0.141. The van der Waals surface area contributed by atoms with Crippen LogP contribution in [0.2, 0.25) is 0 Å². The molecule has 1 aromatic rings. The van der Waals surface area contributed by atoms with Crippen LogP contribution >= 0.6 is 0 Å². The van der Waals surface area contributed by atoms with Gasteiger partial charge in [0.25, 0.3) is 0 Å². The van der Waals surface area contributed by atoms with E-state index >= 15 is 0 Å². The Bertz CT molecular complexity index is 553. The number of aryl methyl sites for hydroxylation is 1. The van der Waals surface area contributed by atoms with E-state index in [0.29, 0.717) is 12.6 Å². The zero-order chi connectivity index (χ0) is 14.8. The molecule has 4 nitrogen and oxygen atoms in total. The molecule has 2 aliphatic carbocycles. The van der Waals surface area contributed by atoms with Gasteiger partial charge < -0.3 is 4.90 Å². The third kappa shape index (κ3) is 2.76. The number of nitrogens with zero attached hydrogens (tertiary/aromatic N) is 3. The fourth-order valence-electron chi connectivity index (χ4n) is 3.83. The molecule has 4 heteroatoms. The van der Waals surface area contributed by atoms with Gasteiger partial charge in [-0.2, -0.15) is 5.10 Å². The van der Waals surface area contributed by atoms with Gasteiger partial charge in [-0.3, -0.25) is 9.48 Å². The summed E-state index contributed by atoms with van der Waals surface area (Å²) in [6, 6.07) is 0.396. The first-order valence-corrected chi connectivity index (χ1v) is 8.17. The summed E-state index contributed by atoms with van der Waals surface area (Å²) in [4.78, 5) is 14.5. The first-order chi connectivity index (χ1) is 10.2. The van der Waals surface area contributed by atoms with Crippen molar-refractivity contribution < 1.29 is 4.79 Å². The molecule has 1 heterocycles. The average molecular weight is 287 g/mol. The first-order valence-electron chi connectivity index (χ1n) is 8.17. The van der Waals surface area contributed by atoms with E-state index in [9.17, 15) is 4.79 Å². The zero-order valence-corrected chi connectivity index (χ0v) is 13.1. The van der Waals surface area contributed by atoms with Crippen LogP contribution in [0.25, 0.3) is 0 Å². The van der Waals surface area contributed by atoms with Gasteiger partial charge in [0.05, 0.1) is 12.2 Å². The predicted octanol–water partition coefficient (Wildman–Crippen LogP) is 2.76. The normalized spacial score (nSPS) is 18.6. The molecule has 0 radical (unpaired) electrons. The SMILES string of the molecule is CC=CC(=O)N(Cc1nn(C)c2c1CCC2)C1CCCC1. The largest absolute Gasteiger partial charge is 0.330 e. The highest BCUT2D eigenvalue weighted by molar-refractivity contribution is 5.87. The minimum Gasteiger partial charge on any atom is -0.330 e. The van der Waals surface area contributed by atoms with Crippen LogP contribution < -0.4 is 0 Å². The summed E-state index contributed by atoms with van der Waals surface area (Å²) in [7, 11) is 2.03. The molecule has 3 rings (SSSR count). The third-order valence-corrected chi connectivity index (χ3v) is 4.88. The Morgan fingerprint density at radius 3 is 2.81 bits per heavy atom. The highest BCUT2D eigenvalue weighted by Gasteiger charge is 2.29. The lowest BCUT2D eigenvalue weighted by Crippen LogP contribution is -2.37. The van der Waals surface area contributed by atoms with E-state index in [4.69, 9.17) is 0 Å². The molecule has 1 aromatic heterocycles. The molecule has 0 bridgehead atoms. The van der Waals surface area contributed by atoms with Crippen molar-refractivity contribution in [3.8, 4) is 0 Å². The molecule has 1 amide bonds. The molecule has 0 spiro atoms. The van der Waals surface area contributed by atoms with Gasteiger partial charge in [0.15, 0.2) is 0 Å². The standard InChI is InChI=1S/C17H25N3O/c1-3-7-17(21)20(13-8-4-5-9-13)12-15-14-10-6-11-16(14)19(2)18-15/h3,7,13H,4-6,8-12H2,1-2H3. The van der Waals surface area contributed by atoms with E-state index in [-0.39, 0.29) is 5.91 Å². The number of fused-ring (bicyclic) bond motifs is 1. The first kappa shape index (κ1) is 14.4. The Balaban J connectivity index is 1.84. The van der Waals surface area contributed by atoms with E-state index in [2.05, 4.69) is 5.10 Å². The highest BCUT2D eigenvalue weighted by atomic mass is 16.2. The molecule has 114 valence electrons. The summed E-state index contributed by atoms with van der Waals surface area (Å²) < 4.78 is 2.02. The van der Waals surface area contributed by atoms with E-state index in [0.717, 1.165) is 31.4 Å². The number of hydrogen-bond acceptors (Lipinski definition) is 2. The van der Waals surface area contributed by atoms with Crippen LogP contribution in [0.4, 0.5) is 0 Å². The number of hydrogen-bond donors (Lipinski definition) is 0. The fraction of sp³-hybridized carbons (Fsp3) is 0.647. The van der Waals surface area contributed by atoms with Crippen LogP contribution in [-0.2, 0) is 31.2 Å². The predicted molar refractivity (Wildman–Crippen MR) is 82.9 cm³/mol. The quantitative estimate of drug-likeness (QED) is 0.799. The topological polar surface area (TPSA) is 38.1 Å². The van der Waals surface area contributed by atoms with Gasteiger partial charge in [0, 0.05) is 18.8 Å². The van der Waals surface area contributed by atoms with E-state index in [1.165, 1.54) is 30.5 Å². The monoisotopic (exact) mass is 287 g/mol. The summed E-state index contributed by atoms with van der Waals surface area (Å²) in [5, 5.41) is 4.68. The summed E-state index contributed by atoms with van der Waals surface area (Å²) in [5.74, 6) is 0.141. The van der Waals surface area contributed by atoms with Gasteiger partial charge in [-0.25, -0.2) is 0 Å². The molecule has 21 heavy (non-hydrogen) atoms. The van der Waals surface area contributed by atoms with Gasteiger partial charge in [-0.1, -0.05) is 18.9 Å². The van der Waals surface area contributed by atoms with Crippen LogP contribution in [-0.4, -0.2) is 26.6 Å². The summed E-state index contributed by atoms with van der Waals surface area (Å²) in [6.07, 6.45) is 11.8. The van der Waals surface area contributed by atoms with Crippen molar-refractivity contribution in [1.82, 2.24) is 14.7 Å². The van der Waals surface area contributed by atoms with Crippen molar-refractivity contribution in [2.24, 2.45) is 7.05 Å². The van der Waals surface area contributed by atoms with Crippen LogP contribution in [0.15, 0.2) is 12.2 Å². The maximum absolute atomic E-state index is 12.4. The minimum atomic E-state index is 0.141. The lowest BCUT2D eigenvalue weighted by molar-refractivity contribution is -0.128. The Morgan fingerprint density at radius 1 is 1.33 bits per heavy atom. The number of rotatable bonds is 4. The third-order valence-electron chi connectivity index (χ3n) is 4.88. The van der Waals surface area contributed by atoms with Crippen molar-refractivity contribution in [3.05, 3.63) is 29.1 Å². The maximum atomic E-state index is 12.4. The molecule has 0 N–H and O–H groups in total. The fourth-order valence-corrected chi connectivity index (χ4v) is 3.83. The van der Waals surface area contributed by atoms with Crippen molar-refractivity contribution in [2.75, 3.05) is 0 Å². The smallest absolute Gasteiger partial charge is 0.246 e. The molecular weight excluding hydrogens is 262 g/mol. The number of carbonyl (C=O) groups is 1. The molecule has 1 fully saturated rings. The van der Waals surface area contributed by atoms with Gasteiger partial charge in [-0.15, -0.1) is 0 Å². The lowest BCUT2D eigenvalue weighted by Gasteiger charge is -2.27. The molecule has 2 aliphatic rings. The van der Waals surface area contributed by atoms with Crippen LogP contribution in [0.3, 0.4) is 0 Å². The van der Waals surface area contributed by atoms with Crippen molar-refractivity contribution in [1.29, 1.82) is 0 Å². The van der Waals surface area contributed by atoms with Crippen molar-refractivity contribution >= 4 is 5.91 Å². The Labute approximate surface area is 126 Å².